The van der Waals surface area contributed by atoms with Crippen molar-refractivity contribution in [2.75, 3.05) is 18.0 Å². The summed E-state index contributed by atoms with van der Waals surface area (Å²) in [6.45, 7) is 1.000. The van der Waals surface area contributed by atoms with Crippen LogP contribution in [0.4, 0.5) is 5.82 Å². The van der Waals surface area contributed by atoms with Gasteiger partial charge in [0.25, 0.3) is 0 Å². The van der Waals surface area contributed by atoms with E-state index in [0.29, 0.717) is 22.3 Å². The van der Waals surface area contributed by atoms with Gasteiger partial charge in [-0.3, -0.25) is 4.79 Å². The maximum Gasteiger partial charge on any atom is 0.220 e. The number of nitrogens with zero attached hydrogens (tertiary/aromatic N) is 2. The SMILES string of the molecule is NC(=O)CC1(O)CCCN(c2ncc(Cl)cc2Cl)C1. The molecule has 3 N–H and O–H groups in total. The Hall–Kier alpha value is -1.04. The van der Waals surface area contributed by atoms with Crippen LogP contribution in [0.15, 0.2) is 12.3 Å². The van der Waals surface area contributed by atoms with E-state index in [-0.39, 0.29) is 13.0 Å². The first-order chi connectivity index (χ1) is 8.89. The van der Waals surface area contributed by atoms with Gasteiger partial charge < -0.3 is 15.7 Å². The van der Waals surface area contributed by atoms with Crippen molar-refractivity contribution >= 4 is 34.9 Å². The van der Waals surface area contributed by atoms with Gasteiger partial charge in [-0.25, -0.2) is 4.98 Å². The number of aromatic nitrogens is 1. The molecular weight excluding hydrogens is 289 g/mol. The van der Waals surface area contributed by atoms with Gasteiger partial charge in [0.05, 0.1) is 22.1 Å². The second kappa shape index (κ2) is 5.53. The number of amides is 1. The number of pyridine rings is 1. The molecule has 1 aromatic rings. The van der Waals surface area contributed by atoms with Crippen LogP contribution in [-0.4, -0.2) is 34.7 Å². The van der Waals surface area contributed by atoms with Crippen molar-refractivity contribution in [1.82, 2.24) is 4.98 Å². The molecular formula is C12H15Cl2N3O2. The topological polar surface area (TPSA) is 79.5 Å². The summed E-state index contributed by atoms with van der Waals surface area (Å²) in [6, 6.07) is 1.60. The largest absolute Gasteiger partial charge is 0.388 e. The van der Waals surface area contributed by atoms with Crippen LogP contribution >= 0.6 is 23.2 Å². The van der Waals surface area contributed by atoms with Crippen LogP contribution in [0.2, 0.25) is 10.0 Å². The predicted molar refractivity (Wildman–Crippen MR) is 74.5 cm³/mol. The molecule has 1 saturated heterocycles. The molecule has 0 aromatic carbocycles. The van der Waals surface area contributed by atoms with Crippen molar-refractivity contribution in [2.45, 2.75) is 24.9 Å². The fourth-order valence-electron chi connectivity index (χ4n) is 2.40. The van der Waals surface area contributed by atoms with E-state index in [1.165, 1.54) is 6.20 Å². The van der Waals surface area contributed by atoms with Crippen LogP contribution in [-0.2, 0) is 4.79 Å². The first-order valence-corrected chi connectivity index (χ1v) is 6.72. The molecule has 0 radical (unpaired) electrons. The highest BCUT2D eigenvalue weighted by atomic mass is 35.5. The van der Waals surface area contributed by atoms with Gasteiger partial charge in [0, 0.05) is 19.3 Å². The number of rotatable bonds is 3. The molecule has 1 aliphatic rings. The summed E-state index contributed by atoms with van der Waals surface area (Å²) in [6.07, 6.45) is 2.72. The summed E-state index contributed by atoms with van der Waals surface area (Å²) in [5, 5.41) is 11.3. The molecule has 1 unspecified atom stereocenters. The van der Waals surface area contributed by atoms with E-state index in [1.54, 1.807) is 6.07 Å². The number of hydrogen-bond donors (Lipinski definition) is 2. The smallest absolute Gasteiger partial charge is 0.220 e. The van der Waals surface area contributed by atoms with E-state index in [1.807, 2.05) is 4.90 Å². The van der Waals surface area contributed by atoms with Crippen LogP contribution in [0.3, 0.4) is 0 Å². The van der Waals surface area contributed by atoms with Crippen LogP contribution in [0.1, 0.15) is 19.3 Å². The van der Waals surface area contributed by atoms with Crippen molar-refractivity contribution in [2.24, 2.45) is 5.73 Å². The van der Waals surface area contributed by atoms with Crippen molar-refractivity contribution < 1.29 is 9.90 Å². The van der Waals surface area contributed by atoms with Gasteiger partial charge in [0.15, 0.2) is 0 Å². The lowest BCUT2D eigenvalue weighted by Crippen LogP contribution is -2.50. The number of carbonyl (C=O) groups excluding carboxylic acids is 1. The highest BCUT2D eigenvalue weighted by Crippen LogP contribution is 2.32. The number of nitrogens with two attached hydrogens (primary N) is 1. The van der Waals surface area contributed by atoms with Gasteiger partial charge in [-0.1, -0.05) is 23.2 Å². The zero-order chi connectivity index (χ0) is 14.0. The molecule has 0 bridgehead atoms. The molecule has 5 nitrogen and oxygen atoms in total. The Morgan fingerprint density at radius 3 is 2.95 bits per heavy atom. The Bertz CT molecular complexity index is 498. The normalized spacial score (nSPS) is 23.4. The lowest BCUT2D eigenvalue weighted by atomic mass is 9.89. The number of piperidine rings is 1. The third-order valence-corrected chi connectivity index (χ3v) is 3.63. The van der Waals surface area contributed by atoms with E-state index >= 15 is 0 Å². The number of anilines is 1. The molecule has 1 amide bonds. The number of hydrogen-bond acceptors (Lipinski definition) is 4. The van der Waals surface area contributed by atoms with E-state index < -0.39 is 11.5 Å². The molecule has 7 heteroatoms. The first-order valence-electron chi connectivity index (χ1n) is 5.96. The highest BCUT2D eigenvalue weighted by Gasteiger charge is 2.35. The summed E-state index contributed by atoms with van der Waals surface area (Å²) < 4.78 is 0. The van der Waals surface area contributed by atoms with Crippen molar-refractivity contribution in [3.05, 3.63) is 22.3 Å². The van der Waals surface area contributed by atoms with Gasteiger partial charge in [-0.2, -0.15) is 0 Å². The maximum absolute atomic E-state index is 11.0. The molecule has 1 fully saturated rings. The number of halogens is 2. The Morgan fingerprint density at radius 1 is 1.58 bits per heavy atom. The summed E-state index contributed by atoms with van der Waals surface area (Å²) in [4.78, 5) is 17.0. The summed E-state index contributed by atoms with van der Waals surface area (Å²) in [5.41, 5.74) is 4.05. The molecule has 0 spiro atoms. The molecule has 0 aliphatic carbocycles. The zero-order valence-corrected chi connectivity index (χ0v) is 11.8. The van der Waals surface area contributed by atoms with Gasteiger partial charge in [0.1, 0.15) is 5.82 Å². The summed E-state index contributed by atoms with van der Waals surface area (Å²) >= 11 is 11.9. The van der Waals surface area contributed by atoms with E-state index in [9.17, 15) is 9.90 Å². The van der Waals surface area contributed by atoms with Crippen molar-refractivity contribution in [3.8, 4) is 0 Å². The molecule has 2 heterocycles. The Balaban J connectivity index is 2.19. The Morgan fingerprint density at radius 2 is 2.32 bits per heavy atom. The van der Waals surface area contributed by atoms with Crippen molar-refractivity contribution in [3.63, 3.8) is 0 Å². The fourth-order valence-corrected chi connectivity index (χ4v) is 2.90. The fraction of sp³-hybridized carbons (Fsp3) is 0.500. The van der Waals surface area contributed by atoms with Crippen LogP contribution in [0.25, 0.3) is 0 Å². The van der Waals surface area contributed by atoms with E-state index in [4.69, 9.17) is 28.9 Å². The molecule has 1 atom stereocenters. The summed E-state index contributed by atoms with van der Waals surface area (Å²) in [5.74, 6) is 0.0492. The third kappa shape index (κ3) is 3.49. The zero-order valence-electron chi connectivity index (χ0n) is 10.3. The standard InChI is InChI=1S/C12H15Cl2N3O2/c13-8-4-9(14)11(16-6-8)17-3-1-2-12(19,7-17)5-10(15)18/h4,6,19H,1-3,5,7H2,(H2,15,18). The molecule has 19 heavy (non-hydrogen) atoms. The van der Waals surface area contributed by atoms with E-state index in [0.717, 1.165) is 13.0 Å². The van der Waals surface area contributed by atoms with Gasteiger partial charge in [-0.15, -0.1) is 0 Å². The average Bonchev–Trinajstić information content (AvgIpc) is 2.26. The minimum atomic E-state index is -1.12. The third-order valence-electron chi connectivity index (χ3n) is 3.15. The second-order valence-electron chi connectivity index (χ2n) is 4.85. The van der Waals surface area contributed by atoms with Gasteiger partial charge >= 0.3 is 0 Å². The number of primary amides is 1. The quantitative estimate of drug-likeness (QED) is 0.889. The average molecular weight is 304 g/mol. The second-order valence-corrected chi connectivity index (χ2v) is 5.70. The number of β-amino-alcohol motifs (C(OH)–C–C–N with tert-alkyl or cyclic N) is 1. The number of aliphatic hydroxyl groups is 1. The minimum absolute atomic E-state index is 0.0608. The van der Waals surface area contributed by atoms with Crippen LogP contribution < -0.4 is 10.6 Å². The van der Waals surface area contributed by atoms with Crippen molar-refractivity contribution in [1.29, 1.82) is 0 Å². The highest BCUT2D eigenvalue weighted by molar-refractivity contribution is 6.36. The molecule has 104 valence electrons. The van der Waals surface area contributed by atoms with Gasteiger partial charge in [-0.05, 0) is 18.9 Å². The van der Waals surface area contributed by atoms with Gasteiger partial charge in [0.2, 0.25) is 5.91 Å². The Kier molecular flexibility index (Phi) is 4.18. The Labute approximate surface area is 121 Å². The minimum Gasteiger partial charge on any atom is -0.388 e. The summed E-state index contributed by atoms with van der Waals surface area (Å²) in [7, 11) is 0. The van der Waals surface area contributed by atoms with Crippen LogP contribution in [0.5, 0.6) is 0 Å². The molecule has 1 aliphatic heterocycles. The van der Waals surface area contributed by atoms with Crippen LogP contribution in [0, 0.1) is 0 Å². The molecule has 2 rings (SSSR count). The van der Waals surface area contributed by atoms with E-state index in [2.05, 4.69) is 4.98 Å². The number of carbonyl (C=O) groups is 1. The monoisotopic (exact) mass is 303 g/mol. The lowest BCUT2D eigenvalue weighted by Gasteiger charge is -2.39. The molecule has 0 saturated carbocycles. The first kappa shape index (κ1) is 14.4. The lowest BCUT2D eigenvalue weighted by molar-refractivity contribution is -0.123. The molecule has 1 aromatic heterocycles. The maximum atomic E-state index is 11.0. The predicted octanol–water partition coefficient (Wildman–Crippen LogP) is 1.60.